The lowest BCUT2D eigenvalue weighted by Crippen LogP contribution is -1.86. The van der Waals surface area contributed by atoms with Crippen molar-refractivity contribution in [1.29, 1.82) is 0 Å². The summed E-state index contributed by atoms with van der Waals surface area (Å²) in [5.41, 5.74) is 2.64. The van der Waals surface area contributed by atoms with Crippen molar-refractivity contribution in [1.82, 2.24) is 10.2 Å². The first-order valence-corrected chi connectivity index (χ1v) is 5.97. The molecule has 2 nitrogen and oxygen atoms in total. The topological polar surface area (TPSA) is 25.8 Å². The van der Waals surface area contributed by atoms with Crippen LogP contribution in [0.2, 0.25) is 0 Å². The largest absolute Gasteiger partial charge is 0.207 e. The van der Waals surface area contributed by atoms with Gasteiger partial charge in [0.05, 0.1) is 11.7 Å². The van der Waals surface area contributed by atoms with Crippen LogP contribution >= 0.6 is 0 Å². The molecule has 0 atom stereocenters. The smallest absolute Gasteiger partial charge is 0.123 e. The highest BCUT2D eigenvalue weighted by Gasteiger charge is 1.98. The van der Waals surface area contributed by atoms with E-state index in [1.165, 1.54) is 12.1 Å². The third kappa shape index (κ3) is 2.50. The van der Waals surface area contributed by atoms with Gasteiger partial charge in [-0.1, -0.05) is 42.5 Å². The molecule has 3 aromatic rings. The minimum absolute atomic E-state index is 0.236. The Morgan fingerprint density at radius 3 is 2.74 bits per heavy atom. The van der Waals surface area contributed by atoms with Crippen LogP contribution in [0, 0.1) is 5.82 Å². The molecule has 92 valence electrons. The van der Waals surface area contributed by atoms with Crippen LogP contribution in [0.25, 0.3) is 23.1 Å². The molecule has 1 heterocycles. The standard InChI is InChI=1S/C16H11FN2/c17-14-5-3-4-12(10-14)8-9-13-11-18-19-16-7-2-1-6-15(13)16/h1-11H. The van der Waals surface area contributed by atoms with E-state index < -0.39 is 0 Å². The lowest BCUT2D eigenvalue weighted by molar-refractivity contribution is 0.627. The Bertz CT molecular complexity index is 745. The molecule has 0 aliphatic rings. The molecule has 3 heteroatoms. The van der Waals surface area contributed by atoms with Gasteiger partial charge in [-0.2, -0.15) is 10.2 Å². The number of benzene rings is 2. The monoisotopic (exact) mass is 250 g/mol. The molecule has 0 saturated carbocycles. The molecule has 2 aromatic carbocycles. The van der Waals surface area contributed by atoms with Crippen molar-refractivity contribution in [3.8, 4) is 0 Å². The quantitative estimate of drug-likeness (QED) is 0.688. The fourth-order valence-electron chi connectivity index (χ4n) is 1.96. The zero-order valence-corrected chi connectivity index (χ0v) is 10.1. The van der Waals surface area contributed by atoms with Crippen molar-refractivity contribution in [2.75, 3.05) is 0 Å². The maximum atomic E-state index is 13.1. The first-order chi connectivity index (χ1) is 9.33. The number of fused-ring (bicyclic) bond motifs is 1. The van der Waals surface area contributed by atoms with Crippen molar-refractivity contribution < 1.29 is 4.39 Å². The molecular formula is C16H11FN2. The van der Waals surface area contributed by atoms with E-state index in [0.717, 1.165) is 22.0 Å². The third-order valence-corrected chi connectivity index (χ3v) is 2.88. The molecule has 3 rings (SSSR count). The zero-order chi connectivity index (χ0) is 13.1. The van der Waals surface area contributed by atoms with Crippen LogP contribution in [0.1, 0.15) is 11.1 Å². The number of nitrogens with zero attached hydrogens (tertiary/aromatic N) is 2. The summed E-state index contributed by atoms with van der Waals surface area (Å²) in [5.74, 6) is -0.236. The van der Waals surface area contributed by atoms with Gasteiger partial charge in [0.2, 0.25) is 0 Å². The molecule has 0 aliphatic carbocycles. The fraction of sp³-hybridized carbons (Fsp3) is 0. The molecule has 0 saturated heterocycles. The Morgan fingerprint density at radius 1 is 0.947 bits per heavy atom. The maximum absolute atomic E-state index is 13.1. The molecule has 0 unspecified atom stereocenters. The molecule has 0 spiro atoms. The first kappa shape index (κ1) is 11.5. The molecule has 0 N–H and O–H groups in total. The summed E-state index contributed by atoms with van der Waals surface area (Å²) in [6.07, 6.45) is 5.50. The summed E-state index contributed by atoms with van der Waals surface area (Å²) in [5, 5.41) is 9.07. The highest BCUT2D eigenvalue weighted by molar-refractivity contribution is 5.89. The fourth-order valence-corrected chi connectivity index (χ4v) is 1.96. The minimum Gasteiger partial charge on any atom is -0.207 e. The molecule has 0 bridgehead atoms. The van der Waals surface area contributed by atoms with Crippen LogP contribution in [0.15, 0.2) is 54.7 Å². The first-order valence-electron chi connectivity index (χ1n) is 5.97. The number of rotatable bonds is 2. The summed E-state index contributed by atoms with van der Waals surface area (Å²) in [7, 11) is 0. The summed E-state index contributed by atoms with van der Waals surface area (Å²) < 4.78 is 13.1. The van der Waals surface area contributed by atoms with Crippen LogP contribution < -0.4 is 0 Å². The summed E-state index contributed by atoms with van der Waals surface area (Å²) in [6.45, 7) is 0. The summed E-state index contributed by atoms with van der Waals surface area (Å²) in [4.78, 5) is 0. The molecule has 0 aliphatic heterocycles. The van der Waals surface area contributed by atoms with Crippen LogP contribution in [-0.2, 0) is 0 Å². The van der Waals surface area contributed by atoms with Gasteiger partial charge in [0.1, 0.15) is 5.82 Å². The molecular weight excluding hydrogens is 239 g/mol. The van der Waals surface area contributed by atoms with Gasteiger partial charge >= 0.3 is 0 Å². The van der Waals surface area contributed by atoms with Gasteiger partial charge < -0.3 is 0 Å². The summed E-state index contributed by atoms with van der Waals surface area (Å²) >= 11 is 0. The Kier molecular flexibility index (Phi) is 3.02. The lowest BCUT2D eigenvalue weighted by atomic mass is 10.1. The van der Waals surface area contributed by atoms with Gasteiger partial charge in [0.15, 0.2) is 0 Å². The van der Waals surface area contributed by atoms with Gasteiger partial charge in [-0.05, 0) is 23.8 Å². The average molecular weight is 250 g/mol. The number of halogens is 1. The van der Waals surface area contributed by atoms with E-state index in [0.29, 0.717) is 0 Å². The summed E-state index contributed by atoms with van der Waals surface area (Å²) in [6, 6.07) is 14.3. The highest BCUT2D eigenvalue weighted by Crippen LogP contribution is 2.17. The molecule has 0 radical (unpaired) electrons. The number of aromatic nitrogens is 2. The molecule has 19 heavy (non-hydrogen) atoms. The van der Waals surface area contributed by atoms with E-state index in [-0.39, 0.29) is 5.82 Å². The van der Waals surface area contributed by atoms with Gasteiger partial charge in [0.25, 0.3) is 0 Å². The maximum Gasteiger partial charge on any atom is 0.123 e. The second-order valence-corrected chi connectivity index (χ2v) is 4.21. The Morgan fingerprint density at radius 2 is 1.84 bits per heavy atom. The highest BCUT2D eigenvalue weighted by atomic mass is 19.1. The number of hydrogen-bond acceptors (Lipinski definition) is 2. The van der Waals surface area contributed by atoms with Crippen LogP contribution in [0.3, 0.4) is 0 Å². The Hall–Kier alpha value is -2.55. The van der Waals surface area contributed by atoms with Gasteiger partial charge in [0, 0.05) is 10.9 Å². The van der Waals surface area contributed by atoms with Crippen LogP contribution in [-0.4, -0.2) is 10.2 Å². The van der Waals surface area contributed by atoms with E-state index in [9.17, 15) is 4.39 Å². The van der Waals surface area contributed by atoms with E-state index in [1.54, 1.807) is 12.3 Å². The van der Waals surface area contributed by atoms with Crippen LogP contribution in [0.4, 0.5) is 4.39 Å². The van der Waals surface area contributed by atoms with Crippen molar-refractivity contribution in [2.45, 2.75) is 0 Å². The minimum atomic E-state index is -0.236. The van der Waals surface area contributed by atoms with Crippen molar-refractivity contribution >= 4 is 23.1 Å². The van der Waals surface area contributed by atoms with Crippen molar-refractivity contribution in [3.05, 3.63) is 71.7 Å². The van der Waals surface area contributed by atoms with E-state index in [4.69, 9.17) is 0 Å². The predicted octanol–water partition coefficient (Wildman–Crippen LogP) is 3.94. The van der Waals surface area contributed by atoms with E-state index in [2.05, 4.69) is 10.2 Å². The van der Waals surface area contributed by atoms with Crippen molar-refractivity contribution in [2.24, 2.45) is 0 Å². The second kappa shape index (κ2) is 4.98. The normalized spacial score (nSPS) is 11.2. The van der Waals surface area contributed by atoms with Gasteiger partial charge in [-0.25, -0.2) is 4.39 Å². The van der Waals surface area contributed by atoms with Gasteiger partial charge in [-0.15, -0.1) is 0 Å². The van der Waals surface area contributed by atoms with E-state index >= 15 is 0 Å². The molecule has 1 aromatic heterocycles. The molecule has 0 fully saturated rings. The Balaban J connectivity index is 2.02. The Labute approximate surface area is 110 Å². The number of hydrogen-bond donors (Lipinski definition) is 0. The van der Waals surface area contributed by atoms with Crippen molar-refractivity contribution in [3.63, 3.8) is 0 Å². The zero-order valence-electron chi connectivity index (χ0n) is 10.1. The van der Waals surface area contributed by atoms with Gasteiger partial charge in [-0.3, -0.25) is 0 Å². The SMILES string of the molecule is Fc1cccc(C=Cc2cnnc3ccccc23)c1. The second-order valence-electron chi connectivity index (χ2n) is 4.21. The average Bonchev–Trinajstić information content (AvgIpc) is 2.45. The van der Waals surface area contributed by atoms with E-state index in [1.807, 2.05) is 42.5 Å². The molecule has 0 amide bonds. The van der Waals surface area contributed by atoms with Crippen LogP contribution in [0.5, 0.6) is 0 Å². The predicted molar refractivity (Wildman–Crippen MR) is 74.9 cm³/mol. The third-order valence-electron chi connectivity index (χ3n) is 2.88. The lowest BCUT2D eigenvalue weighted by Gasteiger charge is -2.00.